The molecule has 1 aromatic heterocycles. The molecule has 2 aromatic rings. The Balaban J connectivity index is 2.08. The summed E-state index contributed by atoms with van der Waals surface area (Å²) in [6.07, 6.45) is 4.77. The molecule has 7 nitrogen and oxygen atoms in total. The zero-order valence-electron chi connectivity index (χ0n) is 14.0. The van der Waals surface area contributed by atoms with E-state index in [2.05, 4.69) is 32.3 Å². The fraction of sp³-hybridized carbons (Fsp3) is 0.294. The molecule has 8 heteroatoms. The number of anilines is 2. The molecule has 1 heterocycles. The number of hydrogen-bond donors (Lipinski definition) is 2. The zero-order valence-corrected chi connectivity index (χ0v) is 14.8. The molecule has 0 aliphatic heterocycles. The van der Waals surface area contributed by atoms with E-state index in [0.29, 0.717) is 28.4 Å². The van der Waals surface area contributed by atoms with Gasteiger partial charge >= 0.3 is 5.97 Å². The first kappa shape index (κ1) is 18.7. The molecule has 0 saturated carbocycles. The van der Waals surface area contributed by atoms with Crippen LogP contribution in [0.5, 0.6) is 0 Å². The maximum Gasteiger partial charge on any atom is 0.337 e. The third-order valence-electron chi connectivity index (χ3n) is 3.36. The first-order valence-electron chi connectivity index (χ1n) is 7.80. The normalized spacial score (nSPS) is 10.2. The highest BCUT2D eigenvalue weighted by atomic mass is 35.5. The first-order chi connectivity index (χ1) is 12.0. The van der Waals surface area contributed by atoms with Crippen LogP contribution in [0.3, 0.4) is 0 Å². The maximum absolute atomic E-state index is 11.9. The highest BCUT2D eigenvalue weighted by molar-refractivity contribution is 6.33. The van der Waals surface area contributed by atoms with Crippen LogP contribution in [-0.2, 0) is 4.74 Å². The van der Waals surface area contributed by atoms with Crippen molar-refractivity contribution in [3.63, 3.8) is 0 Å². The predicted molar refractivity (Wildman–Crippen MR) is 95.3 cm³/mol. The minimum Gasteiger partial charge on any atom is -0.465 e. The average molecular weight is 363 g/mol. The van der Waals surface area contributed by atoms with Crippen LogP contribution in [-0.4, -0.2) is 35.5 Å². The van der Waals surface area contributed by atoms with Crippen LogP contribution in [0.15, 0.2) is 30.6 Å². The Morgan fingerprint density at radius 1 is 1.20 bits per heavy atom. The van der Waals surface area contributed by atoms with E-state index in [1.54, 1.807) is 18.2 Å². The standard InChI is InChI=1S/C17H19ClN4O3/c1-3-4-7-19-15(23)12-9-20-17(21-10-12)22-14-8-11(16(24)25-2)5-6-13(14)18/h5-6,8-10H,3-4,7H2,1-2H3,(H,19,23)(H,20,21,22). The Morgan fingerprint density at radius 2 is 1.92 bits per heavy atom. The van der Waals surface area contributed by atoms with Crippen LogP contribution < -0.4 is 10.6 Å². The number of methoxy groups -OCH3 is 1. The lowest BCUT2D eigenvalue weighted by molar-refractivity contribution is 0.0600. The van der Waals surface area contributed by atoms with Crippen molar-refractivity contribution in [3.8, 4) is 0 Å². The molecule has 1 amide bonds. The summed E-state index contributed by atoms with van der Waals surface area (Å²) in [5.74, 6) is -0.431. The lowest BCUT2D eigenvalue weighted by Gasteiger charge is -2.09. The monoisotopic (exact) mass is 362 g/mol. The van der Waals surface area contributed by atoms with E-state index in [9.17, 15) is 9.59 Å². The smallest absolute Gasteiger partial charge is 0.337 e. The van der Waals surface area contributed by atoms with Gasteiger partial charge in [0.1, 0.15) is 0 Å². The Morgan fingerprint density at radius 3 is 2.56 bits per heavy atom. The van der Waals surface area contributed by atoms with Gasteiger partial charge in [0.15, 0.2) is 0 Å². The van der Waals surface area contributed by atoms with Crippen LogP contribution in [0.2, 0.25) is 5.02 Å². The molecule has 2 N–H and O–H groups in total. The second-order valence-electron chi connectivity index (χ2n) is 5.22. The quantitative estimate of drug-likeness (QED) is 0.580. The number of carbonyl (C=O) groups is 2. The summed E-state index contributed by atoms with van der Waals surface area (Å²) in [5, 5.41) is 6.11. The molecule has 0 saturated heterocycles. The molecule has 1 aromatic carbocycles. The zero-order chi connectivity index (χ0) is 18.2. The topological polar surface area (TPSA) is 93.2 Å². The molecular weight excluding hydrogens is 344 g/mol. The summed E-state index contributed by atoms with van der Waals surface area (Å²) in [6, 6.07) is 4.68. The van der Waals surface area contributed by atoms with Gasteiger partial charge in [-0.2, -0.15) is 0 Å². The van der Waals surface area contributed by atoms with E-state index < -0.39 is 5.97 Å². The largest absolute Gasteiger partial charge is 0.465 e. The van der Waals surface area contributed by atoms with Gasteiger partial charge in [-0.1, -0.05) is 24.9 Å². The molecule has 132 valence electrons. The Labute approximate surface area is 150 Å². The SMILES string of the molecule is CCCCNC(=O)c1cnc(Nc2cc(C(=O)OC)ccc2Cl)nc1. The van der Waals surface area contributed by atoms with E-state index in [1.807, 2.05) is 0 Å². The van der Waals surface area contributed by atoms with Crippen molar-refractivity contribution in [1.82, 2.24) is 15.3 Å². The number of benzene rings is 1. The minimum absolute atomic E-state index is 0.217. The van der Waals surface area contributed by atoms with Crippen LogP contribution >= 0.6 is 11.6 Å². The number of nitrogens with one attached hydrogen (secondary N) is 2. The lowest BCUT2D eigenvalue weighted by atomic mass is 10.2. The van der Waals surface area contributed by atoms with Crippen LogP contribution in [0, 0.1) is 0 Å². The van der Waals surface area contributed by atoms with Crippen molar-refractivity contribution in [2.45, 2.75) is 19.8 Å². The number of hydrogen-bond acceptors (Lipinski definition) is 6. The van der Waals surface area contributed by atoms with Gasteiger partial charge in [-0.05, 0) is 24.6 Å². The van der Waals surface area contributed by atoms with Crippen molar-refractivity contribution >= 4 is 35.1 Å². The molecule has 0 fully saturated rings. The van der Waals surface area contributed by atoms with Gasteiger partial charge in [-0.25, -0.2) is 14.8 Å². The Kier molecular flexibility index (Phi) is 6.71. The molecule has 25 heavy (non-hydrogen) atoms. The van der Waals surface area contributed by atoms with Crippen LogP contribution in [0.1, 0.15) is 40.5 Å². The van der Waals surface area contributed by atoms with E-state index >= 15 is 0 Å². The molecule has 0 bridgehead atoms. The van der Waals surface area contributed by atoms with Crippen molar-refractivity contribution in [3.05, 3.63) is 46.7 Å². The summed E-state index contributed by atoms with van der Waals surface area (Å²) in [6.45, 7) is 2.67. The number of aromatic nitrogens is 2. The van der Waals surface area contributed by atoms with Gasteiger partial charge < -0.3 is 15.4 Å². The molecule has 0 radical (unpaired) electrons. The molecule has 0 atom stereocenters. The van der Waals surface area contributed by atoms with E-state index in [4.69, 9.17) is 11.6 Å². The second kappa shape index (κ2) is 8.98. The third kappa shape index (κ3) is 5.15. The van der Waals surface area contributed by atoms with Crippen molar-refractivity contribution in [2.75, 3.05) is 19.0 Å². The fourth-order valence-corrected chi connectivity index (χ4v) is 2.14. The number of halogens is 1. The van der Waals surface area contributed by atoms with Gasteiger partial charge in [-0.3, -0.25) is 4.79 Å². The highest BCUT2D eigenvalue weighted by Gasteiger charge is 2.11. The van der Waals surface area contributed by atoms with E-state index in [1.165, 1.54) is 19.5 Å². The first-order valence-corrected chi connectivity index (χ1v) is 8.18. The van der Waals surface area contributed by atoms with Crippen molar-refractivity contribution in [2.24, 2.45) is 0 Å². The number of nitrogens with zero attached hydrogens (tertiary/aromatic N) is 2. The molecule has 2 rings (SSSR count). The lowest BCUT2D eigenvalue weighted by Crippen LogP contribution is -2.24. The number of unbranched alkanes of at least 4 members (excludes halogenated alkanes) is 1. The summed E-state index contributed by atoms with van der Waals surface area (Å²) in [5.41, 5.74) is 1.18. The molecule has 0 aliphatic carbocycles. The van der Waals surface area contributed by atoms with Gasteiger partial charge in [0, 0.05) is 18.9 Å². The number of carbonyl (C=O) groups excluding carboxylic acids is 2. The fourth-order valence-electron chi connectivity index (χ4n) is 1.98. The predicted octanol–water partition coefficient (Wildman–Crippen LogP) is 3.19. The molecular formula is C17H19ClN4O3. The summed E-state index contributed by atoms with van der Waals surface area (Å²) in [4.78, 5) is 31.7. The third-order valence-corrected chi connectivity index (χ3v) is 3.69. The maximum atomic E-state index is 11.9. The molecule has 0 aliphatic rings. The minimum atomic E-state index is -0.472. The van der Waals surface area contributed by atoms with Gasteiger partial charge in [-0.15, -0.1) is 0 Å². The van der Waals surface area contributed by atoms with Crippen LogP contribution in [0.25, 0.3) is 0 Å². The Bertz CT molecular complexity index is 750. The summed E-state index contributed by atoms with van der Waals surface area (Å²) < 4.78 is 4.68. The average Bonchev–Trinajstić information content (AvgIpc) is 2.63. The number of ether oxygens (including phenoxy) is 1. The van der Waals surface area contributed by atoms with Crippen molar-refractivity contribution < 1.29 is 14.3 Å². The van der Waals surface area contributed by atoms with Gasteiger partial charge in [0.25, 0.3) is 5.91 Å². The molecule has 0 unspecified atom stereocenters. The van der Waals surface area contributed by atoms with Crippen molar-refractivity contribution in [1.29, 1.82) is 0 Å². The van der Waals surface area contributed by atoms with Crippen LogP contribution in [0.4, 0.5) is 11.6 Å². The number of esters is 1. The highest BCUT2D eigenvalue weighted by Crippen LogP contribution is 2.25. The summed E-state index contributed by atoms with van der Waals surface area (Å²) in [7, 11) is 1.30. The van der Waals surface area contributed by atoms with E-state index in [-0.39, 0.29) is 11.9 Å². The number of amides is 1. The number of rotatable bonds is 7. The van der Waals surface area contributed by atoms with E-state index in [0.717, 1.165) is 12.8 Å². The second-order valence-corrected chi connectivity index (χ2v) is 5.62. The van der Waals surface area contributed by atoms with Gasteiger partial charge in [0.2, 0.25) is 5.95 Å². The van der Waals surface area contributed by atoms with Gasteiger partial charge in [0.05, 0.1) is 28.9 Å². The Hall–Kier alpha value is -2.67. The summed E-state index contributed by atoms with van der Waals surface area (Å²) >= 11 is 6.11. The molecule has 0 spiro atoms.